The van der Waals surface area contributed by atoms with Gasteiger partial charge in [-0.05, 0) is 39.0 Å². The predicted molar refractivity (Wildman–Crippen MR) is 101 cm³/mol. The minimum Gasteiger partial charge on any atom is -0.462 e. The van der Waals surface area contributed by atoms with Crippen LogP contribution in [0.15, 0.2) is 28.7 Å². The van der Waals surface area contributed by atoms with Crippen LogP contribution in [0.1, 0.15) is 50.7 Å². The average molecular weight is 439 g/mol. The zero-order valence-electron chi connectivity index (χ0n) is 16.8. The highest BCUT2D eigenvalue weighted by Gasteiger charge is 2.29. The van der Waals surface area contributed by atoms with Gasteiger partial charge in [-0.15, -0.1) is 0 Å². The highest BCUT2D eigenvalue weighted by atomic mass is 19.3. The van der Waals surface area contributed by atoms with Crippen LogP contribution in [0, 0.1) is 6.92 Å². The number of ether oxygens (including phenoxy) is 3. The molecule has 31 heavy (non-hydrogen) atoms. The number of hydrogen-bond acceptors (Lipinski definition) is 8. The van der Waals surface area contributed by atoms with E-state index in [1.165, 1.54) is 32.0 Å². The van der Waals surface area contributed by atoms with Gasteiger partial charge in [-0.2, -0.15) is 8.78 Å². The van der Waals surface area contributed by atoms with Crippen LogP contribution in [0.4, 0.5) is 14.7 Å². The van der Waals surface area contributed by atoms with Crippen LogP contribution in [-0.4, -0.2) is 43.5 Å². The number of nitrogens with one attached hydrogen (secondary N) is 1. The van der Waals surface area contributed by atoms with Crippen LogP contribution >= 0.6 is 0 Å². The van der Waals surface area contributed by atoms with Gasteiger partial charge in [0.2, 0.25) is 5.88 Å². The van der Waals surface area contributed by atoms with E-state index < -0.39 is 36.8 Å². The minimum absolute atomic E-state index is 0.0275. The number of anilines is 1. The van der Waals surface area contributed by atoms with Gasteiger partial charge in [0.05, 0.1) is 17.7 Å². The maximum absolute atomic E-state index is 12.3. The second kappa shape index (κ2) is 10.3. The number of hydrogen-bond donors (Lipinski definition) is 1. The van der Waals surface area contributed by atoms with Gasteiger partial charge in [0, 0.05) is 0 Å². The number of halogens is 2. The van der Waals surface area contributed by atoms with E-state index in [2.05, 4.69) is 10.1 Å². The third kappa shape index (κ3) is 6.11. The van der Waals surface area contributed by atoms with E-state index in [0.29, 0.717) is 0 Å². The molecule has 0 unspecified atom stereocenters. The van der Waals surface area contributed by atoms with Crippen molar-refractivity contribution < 1.29 is 46.6 Å². The van der Waals surface area contributed by atoms with Gasteiger partial charge in [0.15, 0.2) is 12.4 Å². The molecule has 0 aliphatic carbocycles. The number of furan rings is 1. The topological polar surface area (TPSA) is 121 Å². The normalized spacial score (nSPS) is 10.5. The first-order valence-electron chi connectivity index (χ1n) is 8.97. The first-order chi connectivity index (χ1) is 14.6. The summed E-state index contributed by atoms with van der Waals surface area (Å²) in [5, 5.41) is 2.25. The summed E-state index contributed by atoms with van der Waals surface area (Å²) in [6, 6.07) is 4.83. The van der Waals surface area contributed by atoms with Crippen LogP contribution in [0.2, 0.25) is 0 Å². The molecule has 0 spiro atoms. The largest absolute Gasteiger partial charge is 0.462 e. The number of ketones is 1. The molecule has 0 radical (unpaired) electrons. The number of rotatable bonds is 9. The lowest BCUT2D eigenvalue weighted by Crippen LogP contribution is -2.22. The summed E-state index contributed by atoms with van der Waals surface area (Å²) in [6.45, 7) is 0.402. The van der Waals surface area contributed by atoms with Crippen molar-refractivity contribution in [2.75, 3.05) is 18.5 Å². The maximum atomic E-state index is 12.3. The van der Waals surface area contributed by atoms with Crippen LogP contribution in [0.25, 0.3) is 0 Å². The smallest absolute Gasteiger partial charge is 0.387 e. The molecule has 0 fully saturated rings. The van der Waals surface area contributed by atoms with E-state index in [1.807, 2.05) is 0 Å². The summed E-state index contributed by atoms with van der Waals surface area (Å²) in [7, 11) is 0. The van der Waals surface area contributed by atoms with E-state index in [4.69, 9.17) is 13.9 Å². The Morgan fingerprint density at radius 1 is 1.10 bits per heavy atom. The van der Waals surface area contributed by atoms with Gasteiger partial charge in [-0.25, -0.2) is 9.59 Å². The lowest BCUT2D eigenvalue weighted by Gasteiger charge is -2.08. The van der Waals surface area contributed by atoms with E-state index in [9.17, 15) is 28.0 Å². The van der Waals surface area contributed by atoms with Gasteiger partial charge in [0.1, 0.15) is 17.1 Å². The quantitative estimate of drug-likeness (QED) is 0.466. The van der Waals surface area contributed by atoms with Crippen molar-refractivity contribution in [3.8, 4) is 5.75 Å². The Morgan fingerprint density at radius 2 is 1.81 bits per heavy atom. The second-order valence-corrected chi connectivity index (χ2v) is 6.04. The highest BCUT2D eigenvalue weighted by molar-refractivity contribution is 6.10. The molecule has 0 aliphatic heterocycles. The summed E-state index contributed by atoms with van der Waals surface area (Å²) in [4.78, 5) is 48.3. The SMILES string of the molecule is CCOC(=O)c1c(NC(=O)COC(=O)c2cccc(OC(F)F)c2)oc(C)c1C(C)=O. The molecule has 2 rings (SSSR count). The fourth-order valence-corrected chi connectivity index (χ4v) is 2.63. The molecule has 1 heterocycles. The molecule has 1 aromatic heterocycles. The Morgan fingerprint density at radius 3 is 2.42 bits per heavy atom. The van der Waals surface area contributed by atoms with E-state index in [1.54, 1.807) is 6.92 Å². The van der Waals surface area contributed by atoms with Crippen molar-refractivity contribution in [3.63, 3.8) is 0 Å². The van der Waals surface area contributed by atoms with E-state index in [0.717, 1.165) is 6.07 Å². The summed E-state index contributed by atoms with van der Waals surface area (Å²) < 4.78 is 43.8. The van der Waals surface area contributed by atoms with E-state index in [-0.39, 0.29) is 40.7 Å². The number of Topliss-reactive ketones (excluding diaryl/α,β-unsaturated/α-hetero) is 1. The van der Waals surface area contributed by atoms with Gasteiger partial charge in [-0.3, -0.25) is 14.9 Å². The first-order valence-corrected chi connectivity index (χ1v) is 8.97. The third-order valence-corrected chi connectivity index (χ3v) is 3.80. The molecule has 1 aromatic carbocycles. The predicted octanol–water partition coefficient (Wildman–Crippen LogP) is 3.36. The Bertz CT molecular complexity index is 999. The molecule has 11 heteroatoms. The molecular formula is C20H19F2NO8. The van der Waals surface area contributed by atoms with E-state index >= 15 is 0 Å². The molecule has 166 valence electrons. The van der Waals surface area contributed by atoms with Crippen LogP contribution in [0.5, 0.6) is 5.75 Å². The maximum Gasteiger partial charge on any atom is 0.387 e. The second-order valence-electron chi connectivity index (χ2n) is 6.04. The van der Waals surface area contributed by atoms with Gasteiger partial charge >= 0.3 is 18.6 Å². The average Bonchev–Trinajstić information content (AvgIpc) is 3.01. The van der Waals surface area contributed by atoms with Crippen molar-refractivity contribution in [3.05, 3.63) is 46.7 Å². The van der Waals surface area contributed by atoms with Crippen LogP contribution < -0.4 is 10.1 Å². The third-order valence-electron chi connectivity index (χ3n) is 3.80. The first kappa shape index (κ1) is 23.5. The van der Waals surface area contributed by atoms with Crippen molar-refractivity contribution >= 4 is 29.5 Å². The highest BCUT2D eigenvalue weighted by Crippen LogP contribution is 2.28. The molecule has 0 saturated carbocycles. The molecule has 0 bridgehead atoms. The zero-order chi connectivity index (χ0) is 23.1. The van der Waals surface area contributed by atoms with Crippen molar-refractivity contribution in [2.45, 2.75) is 27.4 Å². The molecular weight excluding hydrogens is 420 g/mol. The number of amides is 1. The van der Waals surface area contributed by atoms with Gasteiger partial charge in [-0.1, -0.05) is 6.07 Å². The van der Waals surface area contributed by atoms with Crippen molar-refractivity contribution in [1.29, 1.82) is 0 Å². The summed E-state index contributed by atoms with van der Waals surface area (Å²) in [6.07, 6.45) is 0. The van der Waals surface area contributed by atoms with Crippen molar-refractivity contribution in [1.82, 2.24) is 0 Å². The zero-order valence-corrected chi connectivity index (χ0v) is 16.8. The lowest BCUT2D eigenvalue weighted by molar-refractivity contribution is -0.119. The van der Waals surface area contributed by atoms with Crippen LogP contribution in [0.3, 0.4) is 0 Å². The lowest BCUT2D eigenvalue weighted by atomic mass is 10.1. The molecule has 0 saturated heterocycles. The van der Waals surface area contributed by atoms with Gasteiger partial charge in [0.25, 0.3) is 5.91 Å². The molecule has 1 amide bonds. The summed E-state index contributed by atoms with van der Waals surface area (Å²) in [5.41, 5.74) is -0.407. The Labute approximate surface area is 175 Å². The van der Waals surface area contributed by atoms with Crippen LogP contribution in [-0.2, 0) is 14.3 Å². The number of benzene rings is 1. The minimum atomic E-state index is -3.07. The summed E-state index contributed by atoms with van der Waals surface area (Å²) in [5.74, 6) is -3.66. The molecule has 2 aromatic rings. The molecule has 9 nitrogen and oxygen atoms in total. The molecule has 1 N–H and O–H groups in total. The Kier molecular flexibility index (Phi) is 7.83. The Hall–Kier alpha value is -3.76. The molecule has 0 aliphatic rings. The Balaban J connectivity index is 2.09. The number of esters is 2. The number of aryl methyl sites for hydroxylation is 1. The fourth-order valence-electron chi connectivity index (χ4n) is 2.63. The number of alkyl halides is 2. The van der Waals surface area contributed by atoms with Crippen molar-refractivity contribution in [2.24, 2.45) is 0 Å². The molecule has 0 atom stereocenters. The fraction of sp³-hybridized carbons (Fsp3) is 0.300. The number of carbonyl (C=O) groups excluding carboxylic acids is 4. The number of carbonyl (C=O) groups is 4. The summed E-state index contributed by atoms with van der Waals surface area (Å²) >= 11 is 0. The monoisotopic (exact) mass is 439 g/mol. The van der Waals surface area contributed by atoms with Gasteiger partial charge < -0.3 is 18.6 Å². The standard InChI is InChI=1S/C20H19F2NO8/c1-4-28-19(27)16-15(10(2)24)11(3)30-17(16)23-14(25)9-29-18(26)12-6-5-7-13(8-12)31-20(21)22/h5-8,20H,4,9H2,1-3H3,(H,23,25).